The zero-order valence-electron chi connectivity index (χ0n) is 17.4. The average Bonchev–Trinajstić information content (AvgIpc) is 3.08. The number of carbonyl (C=O) groups excluding carboxylic acids is 2. The van der Waals surface area contributed by atoms with Gasteiger partial charge in [0.15, 0.2) is 0 Å². The number of anilines is 1. The number of aromatic amines is 1. The molecule has 0 radical (unpaired) electrons. The Kier molecular flexibility index (Phi) is 5.28. The van der Waals surface area contributed by atoms with Gasteiger partial charge in [-0.3, -0.25) is 9.59 Å². The minimum atomic E-state index is -0.281. The second-order valence-electron chi connectivity index (χ2n) is 8.52. The van der Waals surface area contributed by atoms with E-state index in [9.17, 15) is 9.59 Å². The molecule has 1 aliphatic carbocycles. The molecule has 3 aromatic rings. The van der Waals surface area contributed by atoms with E-state index in [-0.39, 0.29) is 11.8 Å². The first kappa shape index (κ1) is 19.5. The van der Waals surface area contributed by atoms with Crippen LogP contribution in [0, 0.1) is 5.92 Å². The van der Waals surface area contributed by atoms with Gasteiger partial charge < -0.3 is 10.3 Å². The predicted molar refractivity (Wildman–Crippen MR) is 123 cm³/mol. The van der Waals surface area contributed by atoms with E-state index in [1.165, 1.54) is 32.1 Å². The Morgan fingerprint density at radius 2 is 1.90 bits per heavy atom. The van der Waals surface area contributed by atoms with Crippen molar-refractivity contribution in [3.8, 4) is 11.3 Å². The monoisotopic (exact) mass is 414 g/mol. The van der Waals surface area contributed by atoms with E-state index in [2.05, 4.69) is 20.8 Å². The second-order valence-corrected chi connectivity index (χ2v) is 8.52. The molecule has 5 rings (SSSR count). The first-order chi connectivity index (χ1) is 15.2. The molecule has 1 fully saturated rings. The van der Waals surface area contributed by atoms with Crippen LogP contribution in [0.25, 0.3) is 22.2 Å². The summed E-state index contributed by atoms with van der Waals surface area (Å²) in [5.41, 5.74) is 7.28. The van der Waals surface area contributed by atoms with Crippen LogP contribution in [0.1, 0.15) is 60.9 Å². The Morgan fingerprint density at radius 3 is 2.71 bits per heavy atom. The SMILES string of the molecule is O=C(CCC1CCCCC1)Nc1cc2c3c(c(-c4ccccc4)[nH]c3c1)C=NNC2=O. The van der Waals surface area contributed by atoms with E-state index in [0.29, 0.717) is 23.6 Å². The van der Waals surface area contributed by atoms with Crippen molar-refractivity contribution in [2.45, 2.75) is 44.9 Å². The maximum Gasteiger partial charge on any atom is 0.272 e. The first-order valence-corrected chi connectivity index (χ1v) is 11.1. The molecule has 158 valence electrons. The predicted octanol–water partition coefficient (Wildman–Crippen LogP) is 5.21. The third-order valence-electron chi connectivity index (χ3n) is 6.39. The van der Waals surface area contributed by atoms with Crippen LogP contribution < -0.4 is 10.7 Å². The van der Waals surface area contributed by atoms with Gasteiger partial charge in [0.05, 0.1) is 17.5 Å². The van der Waals surface area contributed by atoms with E-state index in [1.807, 2.05) is 36.4 Å². The Morgan fingerprint density at radius 1 is 1.10 bits per heavy atom. The fourth-order valence-electron chi connectivity index (χ4n) is 4.82. The topological polar surface area (TPSA) is 86.3 Å². The molecule has 2 amide bonds. The van der Waals surface area contributed by atoms with Gasteiger partial charge in [0.25, 0.3) is 5.91 Å². The average molecular weight is 415 g/mol. The summed E-state index contributed by atoms with van der Waals surface area (Å²) in [7, 11) is 0. The second kappa shape index (κ2) is 8.38. The molecule has 1 aliphatic heterocycles. The number of carbonyl (C=O) groups is 2. The van der Waals surface area contributed by atoms with Crippen LogP contribution in [0.5, 0.6) is 0 Å². The summed E-state index contributed by atoms with van der Waals surface area (Å²) in [6.45, 7) is 0. The lowest BCUT2D eigenvalue weighted by Gasteiger charge is -2.21. The van der Waals surface area contributed by atoms with Crippen LogP contribution in [-0.4, -0.2) is 23.0 Å². The maximum absolute atomic E-state index is 12.7. The summed E-state index contributed by atoms with van der Waals surface area (Å²) >= 11 is 0. The molecule has 2 aliphatic rings. The Bertz CT molecular complexity index is 1160. The van der Waals surface area contributed by atoms with Crippen LogP contribution in [-0.2, 0) is 4.79 Å². The smallest absolute Gasteiger partial charge is 0.272 e. The number of nitrogens with zero attached hydrogens (tertiary/aromatic N) is 1. The molecule has 1 saturated carbocycles. The zero-order chi connectivity index (χ0) is 21.2. The highest BCUT2D eigenvalue weighted by Gasteiger charge is 2.22. The van der Waals surface area contributed by atoms with Gasteiger partial charge >= 0.3 is 0 Å². The van der Waals surface area contributed by atoms with Gasteiger partial charge in [-0.15, -0.1) is 0 Å². The lowest BCUT2D eigenvalue weighted by Crippen LogP contribution is -2.18. The molecule has 2 heterocycles. The summed E-state index contributed by atoms with van der Waals surface area (Å²) < 4.78 is 0. The van der Waals surface area contributed by atoms with Gasteiger partial charge in [-0.05, 0) is 30.0 Å². The fourth-order valence-corrected chi connectivity index (χ4v) is 4.82. The molecule has 0 saturated heterocycles. The van der Waals surface area contributed by atoms with Gasteiger partial charge in [-0.1, -0.05) is 62.4 Å². The molecule has 0 atom stereocenters. The highest BCUT2D eigenvalue weighted by Crippen LogP contribution is 2.34. The third kappa shape index (κ3) is 3.98. The van der Waals surface area contributed by atoms with Crippen molar-refractivity contribution >= 4 is 34.6 Å². The van der Waals surface area contributed by atoms with Crippen LogP contribution in [0.15, 0.2) is 47.6 Å². The summed E-state index contributed by atoms with van der Waals surface area (Å²) in [5, 5.41) is 7.91. The molecule has 1 aromatic heterocycles. The molecule has 0 unspecified atom stereocenters. The molecular weight excluding hydrogens is 388 g/mol. The summed E-state index contributed by atoms with van der Waals surface area (Å²) in [6.07, 6.45) is 9.47. The number of hydrazone groups is 1. The van der Waals surface area contributed by atoms with E-state index < -0.39 is 0 Å². The van der Waals surface area contributed by atoms with Crippen molar-refractivity contribution in [3.05, 3.63) is 53.6 Å². The van der Waals surface area contributed by atoms with Crippen molar-refractivity contribution in [1.82, 2.24) is 10.4 Å². The number of rotatable bonds is 5. The molecule has 0 bridgehead atoms. The molecule has 0 spiro atoms. The first-order valence-electron chi connectivity index (χ1n) is 11.1. The molecule has 6 heteroatoms. The largest absolute Gasteiger partial charge is 0.354 e. The molecule has 2 aromatic carbocycles. The van der Waals surface area contributed by atoms with Gasteiger partial charge in [-0.2, -0.15) is 5.10 Å². The van der Waals surface area contributed by atoms with Crippen LogP contribution in [0.3, 0.4) is 0 Å². The highest BCUT2D eigenvalue weighted by atomic mass is 16.2. The van der Waals surface area contributed by atoms with Crippen molar-refractivity contribution in [1.29, 1.82) is 0 Å². The third-order valence-corrected chi connectivity index (χ3v) is 6.39. The van der Waals surface area contributed by atoms with Crippen LogP contribution in [0.4, 0.5) is 5.69 Å². The minimum Gasteiger partial charge on any atom is -0.354 e. The standard InChI is InChI=1S/C25H26N4O2/c30-22(12-11-16-7-3-1-4-8-16)27-18-13-19-23-20(15-26-29-25(19)31)24(28-21(23)14-18)17-9-5-2-6-10-17/h2,5-6,9-10,13-16,28H,1,3-4,7-8,11-12H2,(H,27,30)(H,29,31). The lowest BCUT2D eigenvalue weighted by molar-refractivity contribution is -0.116. The highest BCUT2D eigenvalue weighted by molar-refractivity contribution is 6.18. The number of benzene rings is 2. The quantitative estimate of drug-likeness (QED) is 0.535. The van der Waals surface area contributed by atoms with Crippen molar-refractivity contribution < 1.29 is 9.59 Å². The van der Waals surface area contributed by atoms with Crippen molar-refractivity contribution in [3.63, 3.8) is 0 Å². The summed E-state index contributed by atoms with van der Waals surface area (Å²) in [4.78, 5) is 28.7. The Hall–Kier alpha value is -3.41. The molecular formula is C25H26N4O2. The number of hydrogen-bond acceptors (Lipinski definition) is 3. The number of hydrogen-bond donors (Lipinski definition) is 3. The fraction of sp³-hybridized carbons (Fsp3) is 0.320. The Labute approximate surface area is 181 Å². The minimum absolute atomic E-state index is 0.00235. The van der Waals surface area contributed by atoms with Gasteiger partial charge in [0.1, 0.15) is 0 Å². The number of nitrogens with one attached hydrogen (secondary N) is 3. The lowest BCUT2D eigenvalue weighted by atomic mass is 9.86. The van der Waals surface area contributed by atoms with Crippen LogP contribution >= 0.6 is 0 Å². The van der Waals surface area contributed by atoms with E-state index in [4.69, 9.17) is 0 Å². The van der Waals surface area contributed by atoms with Crippen molar-refractivity contribution in [2.75, 3.05) is 5.32 Å². The van der Waals surface area contributed by atoms with E-state index >= 15 is 0 Å². The molecule has 3 N–H and O–H groups in total. The van der Waals surface area contributed by atoms with Crippen LogP contribution in [0.2, 0.25) is 0 Å². The molecule has 6 nitrogen and oxygen atoms in total. The maximum atomic E-state index is 12.7. The molecule has 31 heavy (non-hydrogen) atoms. The van der Waals surface area contributed by atoms with Gasteiger partial charge in [0, 0.05) is 28.6 Å². The van der Waals surface area contributed by atoms with E-state index in [1.54, 1.807) is 12.3 Å². The Balaban J connectivity index is 1.45. The zero-order valence-corrected chi connectivity index (χ0v) is 17.4. The summed E-state index contributed by atoms with van der Waals surface area (Å²) in [6, 6.07) is 13.6. The number of amides is 2. The summed E-state index contributed by atoms with van der Waals surface area (Å²) in [5.74, 6) is 0.378. The number of H-pyrrole nitrogens is 1. The van der Waals surface area contributed by atoms with E-state index in [0.717, 1.165) is 34.1 Å². The van der Waals surface area contributed by atoms with Gasteiger partial charge in [0.2, 0.25) is 5.91 Å². The number of aromatic nitrogens is 1. The normalized spacial score (nSPS) is 16.2. The van der Waals surface area contributed by atoms with Gasteiger partial charge in [-0.25, -0.2) is 5.43 Å². The van der Waals surface area contributed by atoms with Crippen molar-refractivity contribution in [2.24, 2.45) is 11.0 Å².